The Morgan fingerprint density at radius 2 is 0.848 bits per heavy atom. The SMILES string of the molecule is CCCN1CCCN(C)CCN(C)CCCN(CCC)CC1.[Ni].[O-][Cl+3]([O-])([O-])O.[O-][Cl+3]([O-])([O-])O. The third-order valence-corrected chi connectivity index (χ3v) is 4.70. The Hall–Kier alpha value is 0.594. The van der Waals surface area contributed by atoms with Crippen LogP contribution in [0.15, 0.2) is 0 Å². The largest absolute Gasteiger partial charge is 0.305 e. The summed E-state index contributed by atoms with van der Waals surface area (Å²) in [5, 5.41) is 0. The van der Waals surface area contributed by atoms with Crippen LogP contribution in [-0.4, -0.2) is 108 Å². The van der Waals surface area contributed by atoms with E-state index in [0.717, 1.165) is 0 Å². The number of halogens is 2. The van der Waals surface area contributed by atoms with Crippen molar-refractivity contribution in [2.24, 2.45) is 0 Å². The first-order valence-electron chi connectivity index (χ1n) is 10.7. The van der Waals surface area contributed by atoms with Gasteiger partial charge in [0.2, 0.25) is 0 Å². The van der Waals surface area contributed by atoms with E-state index in [9.17, 15) is 0 Å². The molecule has 0 spiro atoms. The van der Waals surface area contributed by atoms with Crippen molar-refractivity contribution < 1.29 is 74.2 Å². The maximum atomic E-state index is 8.60. The van der Waals surface area contributed by atoms with Crippen LogP contribution in [0.2, 0.25) is 0 Å². The van der Waals surface area contributed by atoms with Gasteiger partial charge >= 0.3 is 0 Å². The van der Waals surface area contributed by atoms with Crippen LogP contribution >= 0.6 is 0 Å². The molecule has 0 aromatic heterocycles. The van der Waals surface area contributed by atoms with Crippen LogP contribution in [0.25, 0.3) is 0 Å². The van der Waals surface area contributed by atoms with Gasteiger partial charge in [0.25, 0.3) is 0 Å². The van der Waals surface area contributed by atoms with E-state index in [1.165, 1.54) is 91.1 Å². The van der Waals surface area contributed by atoms with Crippen LogP contribution in [0.4, 0.5) is 0 Å². The molecule has 0 aliphatic carbocycles. The summed E-state index contributed by atoms with van der Waals surface area (Å²) in [7, 11) is -4.85. The summed E-state index contributed by atoms with van der Waals surface area (Å²) in [4.78, 5) is 10.3. The van der Waals surface area contributed by atoms with Gasteiger partial charge in [0.1, 0.15) is 0 Å². The Morgan fingerprint density at radius 1 is 0.576 bits per heavy atom. The molecule has 33 heavy (non-hydrogen) atoms. The van der Waals surface area contributed by atoms with Crippen molar-refractivity contribution in [3.05, 3.63) is 0 Å². The first-order valence-corrected chi connectivity index (χ1v) is 13.3. The number of nitrogens with zero attached hydrogens (tertiary/aromatic N) is 4. The predicted octanol–water partition coefficient (Wildman–Crippen LogP) is -6.18. The molecule has 0 saturated carbocycles. The molecule has 15 heteroatoms. The van der Waals surface area contributed by atoms with Gasteiger partial charge in [-0.1, -0.05) is 13.8 Å². The van der Waals surface area contributed by atoms with Crippen molar-refractivity contribution in [2.45, 2.75) is 39.5 Å². The molecule has 206 valence electrons. The fraction of sp³-hybridized carbons (Fsp3) is 1.00. The minimum Gasteiger partial charge on any atom is -0.305 e. The van der Waals surface area contributed by atoms with E-state index in [-0.39, 0.29) is 16.5 Å². The van der Waals surface area contributed by atoms with Crippen LogP contribution in [-0.2, 0) is 16.5 Å². The first-order chi connectivity index (χ1) is 14.7. The maximum Gasteiger partial charge on any atom is 0.0777 e. The van der Waals surface area contributed by atoms with Crippen molar-refractivity contribution in [3.8, 4) is 0 Å². The van der Waals surface area contributed by atoms with Crippen LogP contribution in [0.1, 0.15) is 39.5 Å². The molecule has 0 amide bonds. The summed E-state index contributed by atoms with van der Waals surface area (Å²) in [5.41, 5.74) is 0. The monoisotopic (exact) mass is 570 g/mol. The van der Waals surface area contributed by atoms with Crippen molar-refractivity contribution in [1.82, 2.24) is 19.6 Å². The van der Waals surface area contributed by atoms with Gasteiger partial charge in [0, 0.05) is 42.7 Å². The quantitative estimate of drug-likeness (QED) is 0.304. The van der Waals surface area contributed by atoms with E-state index in [4.69, 9.17) is 37.3 Å². The number of hydrogen-bond acceptors (Lipinski definition) is 12. The Balaban J connectivity index is -0.000000686. The third-order valence-electron chi connectivity index (χ3n) is 4.70. The molecule has 1 saturated heterocycles. The zero-order valence-corrected chi connectivity index (χ0v) is 22.6. The molecule has 1 heterocycles. The normalized spacial score (nSPS) is 19.3. The fourth-order valence-corrected chi connectivity index (χ4v) is 3.28. The van der Waals surface area contributed by atoms with E-state index in [1.54, 1.807) is 0 Å². The second kappa shape index (κ2) is 21.8. The molecule has 2 N–H and O–H groups in total. The Bertz CT molecular complexity index is 387. The van der Waals surface area contributed by atoms with E-state index in [2.05, 4.69) is 47.5 Å². The van der Waals surface area contributed by atoms with Gasteiger partial charge in [0.15, 0.2) is 0 Å². The molecule has 0 radical (unpaired) electrons. The summed E-state index contributed by atoms with van der Waals surface area (Å²) < 4.78 is 65.4. The van der Waals surface area contributed by atoms with Gasteiger partial charge in [-0.15, -0.1) is 0 Å². The Labute approximate surface area is 212 Å². The van der Waals surface area contributed by atoms with Gasteiger partial charge in [-0.3, -0.25) is 0 Å². The Morgan fingerprint density at radius 3 is 1.09 bits per heavy atom. The molecule has 1 aliphatic rings. The van der Waals surface area contributed by atoms with Crippen LogP contribution < -0.4 is 28.0 Å². The zero-order chi connectivity index (χ0) is 25.2. The molecule has 12 nitrogen and oxygen atoms in total. The van der Waals surface area contributed by atoms with Gasteiger partial charge in [-0.25, -0.2) is 0 Å². The number of hydrogen-bond donors (Lipinski definition) is 2. The molecule has 0 aromatic carbocycles. The molecular formula is C18H42Cl2N4NiO8. The van der Waals surface area contributed by atoms with Gasteiger partial charge in [0.05, 0.1) is 29.8 Å². The number of rotatable bonds is 4. The van der Waals surface area contributed by atoms with Crippen LogP contribution in [0.3, 0.4) is 0 Å². The topological polar surface area (TPSA) is 192 Å². The minimum absolute atomic E-state index is 0. The first kappa shape index (κ1) is 38.1. The van der Waals surface area contributed by atoms with E-state index < -0.39 is 20.5 Å². The smallest absolute Gasteiger partial charge is 0.0777 e. The summed E-state index contributed by atoms with van der Waals surface area (Å²) in [6, 6.07) is 0. The maximum absolute atomic E-state index is 8.60. The molecule has 1 rings (SSSR count). The summed E-state index contributed by atoms with van der Waals surface area (Å²) in [5.74, 6) is 0. The molecule has 1 fully saturated rings. The van der Waals surface area contributed by atoms with Gasteiger partial charge in [-0.2, -0.15) is 28.0 Å². The van der Waals surface area contributed by atoms with Crippen molar-refractivity contribution in [2.75, 3.05) is 79.5 Å². The second-order valence-electron chi connectivity index (χ2n) is 7.79. The van der Waals surface area contributed by atoms with Crippen LogP contribution in [0.5, 0.6) is 0 Å². The van der Waals surface area contributed by atoms with Gasteiger partial charge in [-0.05, 0) is 79.0 Å². The van der Waals surface area contributed by atoms with E-state index in [1.807, 2.05) is 0 Å². The third kappa shape index (κ3) is 37.3. The van der Waals surface area contributed by atoms with E-state index in [0.29, 0.717) is 0 Å². The second-order valence-corrected chi connectivity index (χ2v) is 9.37. The van der Waals surface area contributed by atoms with Crippen molar-refractivity contribution in [3.63, 3.8) is 0 Å². The Kier molecular flexibility index (Phi) is 25.2. The standard InChI is InChI=1S/C18H40N4.2ClHO4.Ni/c1-5-9-21-13-7-11-19(3)15-16-20(4)12-8-14-22(10-6-2)18-17-21;2*2-1(3,4)5;/h5-18H2,1-4H3;2*(H,2,3,4,5);. The van der Waals surface area contributed by atoms with Gasteiger partial charge < -0.3 is 19.6 Å². The van der Waals surface area contributed by atoms with Crippen molar-refractivity contribution in [1.29, 1.82) is 0 Å². The molecule has 0 bridgehead atoms. The predicted molar refractivity (Wildman–Crippen MR) is 102 cm³/mol. The molecule has 0 aromatic rings. The summed E-state index contributed by atoms with van der Waals surface area (Å²) >= 11 is 0. The molecular weight excluding hydrogens is 530 g/mol. The van der Waals surface area contributed by atoms with Crippen molar-refractivity contribution >= 4 is 0 Å². The summed E-state index contributed by atoms with van der Waals surface area (Å²) in [6.45, 7) is 17.0. The zero-order valence-electron chi connectivity index (χ0n) is 20.1. The van der Waals surface area contributed by atoms with E-state index >= 15 is 0 Å². The molecule has 1 aliphatic heterocycles. The number of likely N-dealkylation sites (N-methyl/N-ethyl adjacent to an activating group) is 2. The average Bonchev–Trinajstić information content (AvgIpc) is 2.61. The van der Waals surface area contributed by atoms with Crippen LogP contribution in [0, 0.1) is 20.5 Å². The molecule has 0 unspecified atom stereocenters. The minimum atomic E-state index is -4.69. The fourth-order valence-electron chi connectivity index (χ4n) is 3.28. The molecule has 0 atom stereocenters. The summed E-state index contributed by atoms with van der Waals surface area (Å²) in [6.07, 6.45) is 5.14. The average molecular weight is 572 g/mol.